The van der Waals surface area contributed by atoms with Gasteiger partial charge in [0.15, 0.2) is 6.29 Å². The number of nitrogens with zero attached hydrogens (tertiary/aromatic N) is 1. The van der Waals surface area contributed by atoms with Crippen molar-refractivity contribution in [3.05, 3.63) is 29.8 Å². The van der Waals surface area contributed by atoms with E-state index in [1.165, 1.54) is 0 Å². The third-order valence-electron chi connectivity index (χ3n) is 3.62. The zero-order valence-electron chi connectivity index (χ0n) is 12.4. The van der Waals surface area contributed by atoms with Crippen molar-refractivity contribution in [1.29, 1.82) is 0 Å². The van der Waals surface area contributed by atoms with Crippen LogP contribution in [-0.4, -0.2) is 37.7 Å². The van der Waals surface area contributed by atoms with Gasteiger partial charge >= 0.3 is 0 Å². The Labute approximate surface area is 121 Å². The monoisotopic (exact) mass is 279 g/mol. The van der Waals surface area contributed by atoms with Gasteiger partial charge in [-0.1, -0.05) is 18.2 Å². The van der Waals surface area contributed by atoms with Crippen LogP contribution in [0.1, 0.15) is 38.4 Å². The molecule has 1 aromatic rings. The Hall–Kier alpha value is -1.10. The van der Waals surface area contributed by atoms with Crippen molar-refractivity contribution in [1.82, 2.24) is 0 Å². The number of benzene rings is 1. The highest BCUT2D eigenvalue weighted by molar-refractivity contribution is 5.55. The van der Waals surface area contributed by atoms with Crippen LogP contribution < -0.4 is 4.90 Å². The Morgan fingerprint density at radius 2 is 1.95 bits per heavy atom. The van der Waals surface area contributed by atoms with Gasteiger partial charge in [0.2, 0.25) is 0 Å². The second kappa shape index (κ2) is 7.62. The summed E-state index contributed by atoms with van der Waals surface area (Å²) < 4.78 is 11.3. The number of hydrogen-bond donors (Lipinski definition) is 1. The molecule has 0 saturated heterocycles. The van der Waals surface area contributed by atoms with Crippen molar-refractivity contribution in [3.8, 4) is 0 Å². The SMILES string of the molecule is CCOC(CN1CCCC(O)c2ccccc21)OCC. The summed E-state index contributed by atoms with van der Waals surface area (Å²) in [6.07, 6.45) is 1.20. The normalized spacial score (nSPS) is 19.0. The minimum atomic E-state index is -0.367. The molecule has 0 spiro atoms. The van der Waals surface area contributed by atoms with Gasteiger partial charge in [0, 0.05) is 31.0 Å². The van der Waals surface area contributed by atoms with Crippen molar-refractivity contribution >= 4 is 5.69 Å². The summed E-state index contributed by atoms with van der Waals surface area (Å²) in [7, 11) is 0. The number of ether oxygens (including phenoxy) is 2. The summed E-state index contributed by atoms with van der Waals surface area (Å²) >= 11 is 0. The number of rotatable bonds is 6. The van der Waals surface area contributed by atoms with E-state index in [0.29, 0.717) is 19.8 Å². The van der Waals surface area contributed by atoms with Crippen LogP contribution in [0.4, 0.5) is 5.69 Å². The van der Waals surface area contributed by atoms with E-state index < -0.39 is 0 Å². The van der Waals surface area contributed by atoms with Crippen LogP contribution in [0.5, 0.6) is 0 Å². The van der Waals surface area contributed by atoms with Crippen molar-refractivity contribution in [2.24, 2.45) is 0 Å². The average Bonchev–Trinajstić information content (AvgIpc) is 2.60. The summed E-state index contributed by atoms with van der Waals surface area (Å²) in [6.45, 7) is 6.86. The molecule has 1 N–H and O–H groups in total. The summed E-state index contributed by atoms with van der Waals surface area (Å²) in [6, 6.07) is 8.07. The van der Waals surface area contributed by atoms with Gasteiger partial charge < -0.3 is 19.5 Å². The first-order valence-electron chi connectivity index (χ1n) is 7.51. The van der Waals surface area contributed by atoms with E-state index in [4.69, 9.17) is 9.47 Å². The summed E-state index contributed by atoms with van der Waals surface area (Å²) in [4.78, 5) is 2.27. The molecule has 4 nitrogen and oxygen atoms in total. The number of anilines is 1. The lowest BCUT2D eigenvalue weighted by molar-refractivity contribution is -0.129. The predicted molar refractivity (Wildman–Crippen MR) is 79.9 cm³/mol. The van der Waals surface area contributed by atoms with Gasteiger partial charge in [0.1, 0.15) is 0 Å². The average molecular weight is 279 g/mol. The van der Waals surface area contributed by atoms with Gasteiger partial charge in [-0.25, -0.2) is 0 Å². The maximum atomic E-state index is 10.2. The van der Waals surface area contributed by atoms with Crippen molar-refractivity contribution in [2.45, 2.75) is 39.1 Å². The van der Waals surface area contributed by atoms with Gasteiger partial charge in [0.25, 0.3) is 0 Å². The molecule has 0 radical (unpaired) electrons. The number of aliphatic hydroxyl groups is 1. The van der Waals surface area contributed by atoms with E-state index in [1.54, 1.807) is 0 Å². The fourth-order valence-corrected chi connectivity index (χ4v) is 2.70. The van der Waals surface area contributed by atoms with Crippen LogP contribution in [0.15, 0.2) is 24.3 Å². The Morgan fingerprint density at radius 1 is 1.25 bits per heavy atom. The molecule has 0 aromatic heterocycles. The first-order chi connectivity index (χ1) is 9.76. The third kappa shape index (κ3) is 3.72. The Kier molecular flexibility index (Phi) is 5.83. The molecule has 2 rings (SSSR count). The fourth-order valence-electron chi connectivity index (χ4n) is 2.70. The van der Waals surface area contributed by atoms with Crippen LogP contribution in [0, 0.1) is 0 Å². The summed E-state index contributed by atoms with van der Waals surface area (Å²) in [5.74, 6) is 0. The molecular weight excluding hydrogens is 254 g/mol. The van der Waals surface area contributed by atoms with E-state index in [-0.39, 0.29) is 12.4 Å². The second-order valence-electron chi connectivity index (χ2n) is 5.00. The maximum Gasteiger partial charge on any atom is 0.174 e. The Balaban J connectivity index is 2.16. The highest BCUT2D eigenvalue weighted by Gasteiger charge is 2.23. The van der Waals surface area contributed by atoms with Crippen LogP contribution >= 0.6 is 0 Å². The predicted octanol–water partition coefficient (Wildman–Crippen LogP) is 2.72. The molecule has 20 heavy (non-hydrogen) atoms. The first kappa shape index (κ1) is 15.3. The van der Waals surface area contributed by atoms with Crippen LogP contribution in [0.25, 0.3) is 0 Å². The Morgan fingerprint density at radius 3 is 2.65 bits per heavy atom. The molecule has 4 heteroatoms. The van der Waals surface area contributed by atoms with Crippen molar-refractivity contribution in [3.63, 3.8) is 0 Å². The molecule has 1 heterocycles. The van der Waals surface area contributed by atoms with Gasteiger partial charge in [-0.15, -0.1) is 0 Å². The molecule has 1 aliphatic heterocycles. The fraction of sp³-hybridized carbons (Fsp3) is 0.625. The zero-order chi connectivity index (χ0) is 14.4. The molecule has 0 amide bonds. The Bertz CT molecular complexity index is 404. The lowest BCUT2D eigenvalue weighted by atomic mass is 10.0. The molecule has 1 aliphatic rings. The molecule has 0 aliphatic carbocycles. The molecule has 112 valence electrons. The third-order valence-corrected chi connectivity index (χ3v) is 3.62. The highest BCUT2D eigenvalue weighted by atomic mass is 16.7. The molecular formula is C16H25NO3. The van der Waals surface area contributed by atoms with Crippen LogP contribution in [-0.2, 0) is 9.47 Å². The van der Waals surface area contributed by atoms with E-state index in [9.17, 15) is 5.11 Å². The number of hydrogen-bond acceptors (Lipinski definition) is 4. The van der Waals surface area contributed by atoms with E-state index in [1.807, 2.05) is 32.0 Å². The van der Waals surface area contributed by atoms with E-state index in [0.717, 1.165) is 30.6 Å². The van der Waals surface area contributed by atoms with Gasteiger partial charge in [0.05, 0.1) is 12.6 Å². The smallest absolute Gasteiger partial charge is 0.174 e. The lowest BCUT2D eigenvalue weighted by Gasteiger charge is -2.29. The topological polar surface area (TPSA) is 41.9 Å². The minimum Gasteiger partial charge on any atom is -0.388 e. The van der Waals surface area contributed by atoms with Crippen molar-refractivity contribution in [2.75, 3.05) is 31.2 Å². The van der Waals surface area contributed by atoms with Gasteiger partial charge in [-0.2, -0.15) is 0 Å². The van der Waals surface area contributed by atoms with Crippen LogP contribution in [0.3, 0.4) is 0 Å². The van der Waals surface area contributed by atoms with E-state index >= 15 is 0 Å². The molecule has 1 atom stereocenters. The van der Waals surface area contributed by atoms with Crippen LogP contribution in [0.2, 0.25) is 0 Å². The lowest BCUT2D eigenvalue weighted by Crippen LogP contribution is -2.36. The quantitative estimate of drug-likeness (QED) is 0.813. The number of aliphatic hydroxyl groups excluding tert-OH is 1. The maximum absolute atomic E-state index is 10.2. The summed E-state index contributed by atoms with van der Waals surface area (Å²) in [5.41, 5.74) is 2.11. The highest BCUT2D eigenvalue weighted by Crippen LogP contribution is 2.32. The molecule has 0 saturated carbocycles. The summed E-state index contributed by atoms with van der Waals surface area (Å²) in [5, 5.41) is 10.2. The number of fused-ring (bicyclic) bond motifs is 1. The first-order valence-corrected chi connectivity index (χ1v) is 7.51. The van der Waals surface area contributed by atoms with Gasteiger partial charge in [-0.3, -0.25) is 0 Å². The minimum absolute atomic E-state index is 0.215. The molecule has 0 fully saturated rings. The molecule has 0 bridgehead atoms. The second-order valence-corrected chi connectivity index (χ2v) is 5.00. The largest absolute Gasteiger partial charge is 0.388 e. The molecule has 1 aromatic carbocycles. The van der Waals surface area contributed by atoms with Crippen molar-refractivity contribution < 1.29 is 14.6 Å². The standard InChI is InChI=1S/C16H25NO3/c1-3-19-16(20-4-2)12-17-11-7-10-15(18)13-8-5-6-9-14(13)17/h5-6,8-9,15-16,18H,3-4,7,10-12H2,1-2H3. The van der Waals surface area contributed by atoms with Gasteiger partial charge in [-0.05, 0) is 32.8 Å². The molecule has 1 unspecified atom stereocenters. The zero-order valence-corrected chi connectivity index (χ0v) is 12.4. The van der Waals surface area contributed by atoms with E-state index in [2.05, 4.69) is 11.0 Å². The number of para-hydroxylation sites is 1.